The van der Waals surface area contributed by atoms with Crippen LogP contribution in [0.5, 0.6) is 0 Å². The minimum absolute atomic E-state index is 0.0129. The Morgan fingerprint density at radius 1 is 0.441 bits per heavy atom. The van der Waals surface area contributed by atoms with Gasteiger partial charge < -0.3 is 9.47 Å². The van der Waals surface area contributed by atoms with Crippen molar-refractivity contribution in [1.29, 1.82) is 0 Å². The van der Waals surface area contributed by atoms with Gasteiger partial charge >= 0.3 is 0 Å². The fourth-order valence-corrected chi connectivity index (χ4v) is 3.51. The van der Waals surface area contributed by atoms with E-state index in [0.29, 0.717) is 48.7 Å². The Balaban J connectivity index is 1.16. The van der Waals surface area contributed by atoms with Crippen molar-refractivity contribution in [3.05, 3.63) is 143 Å². The van der Waals surface area contributed by atoms with Crippen LogP contribution in [0.25, 0.3) is 0 Å². The lowest BCUT2D eigenvalue weighted by Crippen LogP contribution is -2.05. The van der Waals surface area contributed by atoms with Crippen LogP contribution in [0, 0.1) is 0 Å². The van der Waals surface area contributed by atoms with E-state index in [1.165, 1.54) is 0 Å². The molecule has 0 saturated heterocycles. The number of hydrogen-bond donors (Lipinski definition) is 0. The summed E-state index contributed by atoms with van der Waals surface area (Å²) in [5, 5.41) is 0. The molecule has 0 N–H and O–H groups in total. The highest BCUT2D eigenvalue weighted by Gasteiger charge is 2.09. The molecule has 0 aliphatic heterocycles. The summed E-state index contributed by atoms with van der Waals surface area (Å²) in [4.78, 5) is 24.9. The van der Waals surface area contributed by atoms with E-state index in [1.807, 2.05) is 109 Å². The Bertz CT molecular complexity index is 1100. The largest absolute Gasteiger partial charge is 0.374 e. The van der Waals surface area contributed by atoms with Crippen LogP contribution in [-0.2, 0) is 22.7 Å². The molecule has 0 aliphatic rings. The lowest BCUT2D eigenvalue weighted by molar-refractivity contribution is 0.0339. The number of carbonyl (C=O) groups is 2. The highest BCUT2D eigenvalue weighted by atomic mass is 16.5. The molecule has 0 radical (unpaired) electrons. The van der Waals surface area contributed by atoms with E-state index in [0.717, 1.165) is 11.1 Å². The van der Waals surface area contributed by atoms with Gasteiger partial charge in [-0.2, -0.15) is 0 Å². The van der Waals surface area contributed by atoms with Crippen LogP contribution in [0.1, 0.15) is 43.0 Å². The minimum atomic E-state index is 0.0129. The first kappa shape index (κ1) is 23.3. The van der Waals surface area contributed by atoms with Crippen molar-refractivity contribution in [2.75, 3.05) is 13.2 Å². The van der Waals surface area contributed by atoms with Crippen molar-refractivity contribution in [3.63, 3.8) is 0 Å². The summed E-state index contributed by atoms with van der Waals surface area (Å²) in [5.41, 5.74) is 4.69. The van der Waals surface area contributed by atoms with Gasteiger partial charge in [0.25, 0.3) is 0 Å². The molecule has 0 aliphatic carbocycles. The third-order valence-corrected chi connectivity index (χ3v) is 5.41. The Labute approximate surface area is 199 Å². The zero-order valence-electron chi connectivity index (χ0n) is 18.9. The van der Waals surface area contributed by atoms with Gasteiger partial charge in [-0.25, -0.2) is 0 Å². The molecule has 0 unspecified atom stereocenters. The van der Waals surface area contributed by atoms with Gasteiger partial charge in [0.2, 0.25) is 0 Å². The van der Waals surface area contributed by atoms with Crippen molar-refractivity contribution in [2.45, 2.75) is 13.2 Å². The molecule has 0 bridgehead atoms. The predicted molar refractivity (Wildman–Crippen MR) is 132 cm³/mol. The van der Waals surface area contributed by atoms with Crippen LogP contribution in [0.15, 0.2) is 109 Å². The van der Waals surface area contributed by atoms with Gasteiger partial charge in [-0.15, -0.1) is 0 Å². The van der Waals surface area contributed by atoms with E-state index >= 15 is 0 Å². The molecule has 0 saturated carbocycles. The first-order chi connectivity index (χ1) is 16.7. The third kappa shape index (κ3) is 6.35. The number of carbonyl (C=O) groups excluding carboxylic acids is 2. The Morgan fingerprint density at radius 3 is 1.12 bits per heavy atom. The van der Waals surface area contributed by atoms with E-state index in [-0.39, 0.29) is 11.6 Å². The molecule has 34 heavy (non-hydrogen) atoms. The monoisotopic (exact) mass is 450 g/mol. The fourth-order valence-electron chi connectivity index (χ4n) is 3.51. The number of ketones is 2. The molecular formula is C30H26O4. The summed E-state index contributed by atoms with van der Waals surface area (Å²) < 4.78 is 11.4. The molecule has 0 amide bonds. The standard InChI is InChI=1S/C30H26O4/c31-29(25-7-3-1-4-8-25)27-15-11-23(12-16-27)21-33-19-20-34-22-24-13-17-28(18-14-24)30(32)26-9-5-2-6-10-26/h1-18H,19-22H2. The van der Waals surface area contributed by atoms with Crippen molar-refractivity contribution in [3.8, 4) is 0 Å². The molecule has 4 rings (SSSR count). The van der Waals surface area contributed by atoms with Crippen molar-refractivity contribution < 1.29 is 19.1 Å². The average molecular weight is 451 g/mol. The summed E-state index contributed by atoms with van der Waals surface area (Å²) in [6.07, 6.45) is 0. The van der Waals surface area contributed by atoms with Gasteiger partial charge in [0.15, 0.2) is 11.6 Å². The highest BCUT2D eigenvalue weighted by molar-refractivity contribution is 6.09. The molecule has 0 aromatic heterocycles. The number of hydrogen-bond acceptors (Lipinski definition) is 4. The highest BCUT2D eigenvalue weighted by Crippen LogP contribution is 2.13. The van der Waals surface area contributed by atoms with Gasteiger partial charge in [0.05, 0.1) is 26.4 Å². The lowest BCUT2D eigenvalue weighted by Gasteiger charge is -2.08. The smallest absolute Gasteiger partial charge is 0.193 e. The molecule has 0 atom stereocenters. The van der Waals surface area contributed by atoms with Crippen LogP contribution in [0.2, 0.25) is 0 Å². The normalized spacial score (nSPS) is 10.7. The Hall–Kier alpha value is -3.86. The summed E-state index contributed by atoms with van der Waals surface area (Å²) in [5.74, 6) is 0.0258. The van der Waals surface area contributed by atoms with Gasteiger partial charge in [0, 0.05) is 22.3 Å². The first-order valence-electron chi connectivity index (χ1n) is 11.2. The molecule has 4 aromatic carbocycles. The molecule has 0 spiro atoms. The second kappa shape index (κ2) is 11.8. The minimum Gasteiger partial charge on any atom is -0.374 e. The van der Waals surface area contributed by atoms with Gasteiger partial charge in [-0.1, -0.05) is 109 Å². The first-order valence-corrected chi connectivity index (χ1v) is 11.2. The third-order valence-electron chi connectivity index (χ3n) is 5.41. The van der Waals surface area contributed by atoms with Gasteiger partial charge in [0.1, 0.15) is 0 Å². The molecular weight excluding hydrogens is 424 g/mol. The van der Waals surface area contributed by atoms with E-state index in [1.54, 1.807) is 0 Å². The van der Waals surface area contributed by atoms with Gasteiger partial charge in [-0.3, -0.25) is 9.59 Å². The second-order valence-corrected chi connectivity index (χ2v) is 7.89. The molecule has 0 heterocycles. The van der Waals surface area contributed by atoms with E-state index in [2.05, 4.69) is 0 Å². The quantitative estimate of drug-likeness (QED) is 0.211. The fraction of sp³-hybridized carbons (Fsp3) is 0.133. The van der Waals surface area contributed by atoms with Crippen LogP contribution in [0.3, 0.4) is 0 Å². The number of ether oxygens (including phenoxy) is 2. The van der Waals surface area contributed by atoms with Crippen LogP contribution < -0.4 is 0 Å². The average Bonchev–Trinajstić information content (AvgIpc) is 2.91. The second-order valence-electron chi connectivity index (χ2n) is 7.89. The van der Waals surface area contributed by atoms with Crippen LogP contribution in [0.4, 0.5) is 0 Å². The topological polar surface area (TPSA) is 52.6 Å². The maximum atomic E-state index is 12.5. The van der Waals surface area contributed by atoms with E-state index in [4.69, 9.17) is 9.47 Å². The summed E-state index contributed by atoms with van der Waals surface area (Å²) in [6, 6.07) is 33.5. The summed E-state index contributed by atoms with van der Waals surface area (Å²) in [6.45, 7) is 1.85. The van der Waals surface area contributed by atoms with E-state index in [9.17, 15) is 9.59 Å². The molecule has 4 nitrogen and oxygen atoms in total. The molecule has 0 fully saturated rings. The van der Waals surface area contributed by atoms with Crippen LogP contribution >= 0.6 is 0 Å². The molecule has 170 valence electrons. The molecule has 4 heteroatoms. The van der Waals surface area contributed by atoms with Crippen LogP contribution in [-0.4, -0.2) is 24.8 Å². The lowest BCUT2D eigenvalue weighted by atomic mass is 10.0. The van der Waals surface area contributed by atoms with E-state index < -0.39 is 0 Å². The maximum absolute atomic E-state index is 12.5. The molecule has 4 aromatic rings. The van der Waals surface area contributed by atoms with Gasteiger partial charge in [-0.05, 0) is 11.1 Å². The van der Waals surface area contributed by atoms with Crippen molar-refractivity contribution in [1.82, 2.24) is 0 Å². The Morgan fingerprint density at radius 2 is 0.765 bits per heavy atom. The summed E-state index contributed by atoms with van der Waals surface area (Å²) >= 11 is 0. The zero-order valence-corrected chi connectivity index (χ0v) is 18.9. The predicted octanol–water partition coefficient (Wildman–Crippen LogP) is 5.88. The SMILES string of the molecule is O=C(c1ccccc1)c1ccc(COCCOCc2ccc(C(=O)c3ccccc3)cc2)cc1. The zero-order chi connectivity index (χ0) is 23.6. The maximum Gasteiger partial charge on any atom is 0.193 e. The Kier molecular flexibility index (Phi) is 8.12. The summed E-state index contributed by atoms with van der Waals surface area (Å²) in [7, 11) is 0. The van der Waals surface area contributed by atoms with Crippen molar-refractivity contribution >= 4 is 11.6 Å². The van der Waals surface area contributed by atoms with Crippen molar-refractivity contribution in [2.24, 2.45) is 0 Å². The number of rotatable bonds is 11. The number of benzene rings is 4.